The van der Waals surface area contributed by atoms with Gasteiger partial charge in [0.1, 0.15) is 12.1 Å². The van der Waals surface area contributed by atoms with Crippen LogP contribution in [0.2, 0.25) is 0 Å². The second-order valence-corrected chi connectivity index (χ2v) is 12.5. The van der Waals surface area contributed by atoms with E-state index in [4.69, 9.17) is 11.5 Å². The Morgan fingerprint density at radius 3 is 1.23 bits per heavy atom. The summed E-state index contributed by atoms with van der Waals surface area (Å²) in [5, 5.41) is 26.0. The van der Waals surface area contributed by atoms with Crippen LogP contribution in [-0.2, 0) is 44.9 Å². The van der Waals surface area contributed by atoms with Gasteiger partial charge < -0.3 is 42.3 Å². The van der Waals surface area contributed by atoms with Gasteiger partial charge in [0.2, 0.25) is 11.8 Å². The Hall–Kier alpha value is -6.24. The number of benzene rings is 4. The molecule has 4 atom stereocenters. The molecule has 0 aliphatic heterocycles. The topological polar surface area (TPSA) is 216 Å². The number of carboxylic acids is 2. The van der Waals surface area contributed by atoms with Crippen molar-refractivity contribution >= 4 is 45.6 Å². The number of aliphatic carboxylic acids is 2. The molecule has 268 valence electrons. The van der Waals surface area contributed by atoms with Crippen LogP contribution in [-0.4, -0.2) is 68.1 Å². The zero-order valence-electron chi connectivity index (χ0n) is 28.4. The first-order valence-electron chi connectivity index (χ1n) is 16.8. The first-order valence-corrected chi connectivity index (χ1v) is 16.8. The Bertz CT molecular complexity index is 1960. The van der Waals surface area contributed by atoms with E-state index in [9.17, 15) is 29.4 Å². The molecule has 0 aliphatic carbocycles. The number of rotatable bonds is 14. The van der Waals surface area contributed by atoms with Gasteiger partial charge in [-0.05, 0) is 47.2 Å². The standard InChI is InChI=1S/2C20H21N3O3/c2*21-16(10-13-6-2-1-3-7-13)19(24)23-18(20(25)26)11-14-12-22-17-9-5-4-8-15(14)17/h2*1-9,12,16,18,22H,10-11,21H2,(H,23,24)(H,25,26). The van der Waals surface area contributed by atoms with Crippen LogP contribution >= 0.6 is 0 Å². The molecule has 12 nitrogen and oxygen atoms in total. The molecule has 0 saturated heterocycles. The summed E-state index contributed by atoms with van der Waals surface area (Å²) >= 11 is 0. The van der Waals surface area contributed by atoms with Gasteiger partial charge in [-0.2, -0.15) is 0 Å². The normalized spacial score (nSPS) is 13.3. The zero-order valence-corrected chi connectivity index (χ0v) is 28.4. The molecule has 0 spiro atoms. The number of nitrogens with two attached hydrogens (primary N) is 2. The van der Waals surface area contributed by atoms with E-state index < -0.39 is 47.9 Å². The molecule has 4 unspecified atom stereocenters. The number of fused-ring (bicyclic) bond motifs is 2. The smallest absolute Gasteiger partial charge is 0.326 e. The summed E-state index contributed by atoms with van der Waals surface area (Å²) in [7, 11) is 0. The van der Waals surface area contributed by atoms with E-state index >= 15 is 0 Å². The third kappa shape index (κ3) is 9.93. The van der Waals surface area contributed by atoms with E-state index in [1.54, 1.807) is 12.4 Å². The van der Waals surface area contributed by atoms with Crippen LogP contribution in [0.3, 0.4) is 0 Å². The Labute approximate surface area is 300 Å². The maximum absolute atomic E-state index is 12.3. The zero-order chi connectivity index (χ0) is 37.0. The number of carboxylic acid groups (broad SMARTS) is 2. The molecule has 0 saturated carbocycles. The van der Waals surface area contributed by atoms with Crippen LogP contribution < -0.4 is 22.1 Å². The number of para-hydroxylation sites is 2. The summed E-state index contributed by atoms with van der Waals surface area (Å²) in [5.74, 6) is -3.12. The van der Waals surface area contributed by atoms with Crippen LogP contribution in [0.4, 0.5) is 0 Å². The van der Waals surface area contributed by atoms with E-state index in [1.807, 2.05) is 109 Å². The van der Waals surface area contributed by atoms with Crippen molar-refractivity contribution in [2.24, 2.45) is 11.5 Å². The lowest BCUT2D eigenvalue weighted by molar-refractivity contribution is -0.142. The van der Waals surface area contributed by atoms with Crippen molar-refractivity contribution in [3.05, 3.63) is 144 Å². The molecule has 52 heavy (non-hydrogen) atoms. The highest BCUT2D eigenvalue weighted by Gasteiger charge is 2.26. The van der Waals surface area contributed by atoms with E-state index in [1.165, 1.54) is 0 Å². The number of carbonyl (C=O) groups is 4. The number of nitrogens with one attached hydrogen (secondary N) is 4. The monoisotopic (exact) mass is 702 g/mol. The molecule has 12 heteroatoms. The minimum absolute atomic E-state index is 0.184. The average molecular weight is 703 g/mol. The lowest BCUT2D eigenvalue weighted by Crippen LogP contribution is -2.50. The first-order chi connectivity index (χ1) is 25.1. The molecule has 0 fully saturated rings. The van der Waals surface area contributed by atoms with E-state index in [2.05, 4.69) is 20.6 Å². The van der Waals surface area contributed by atoms with Gasteiger partial charge in [0, 0.05) is 47.0 Å². The van der Waals surface area contributed by atoms with Crippen molar-refractivity contribution in [3.8, 4) is 0 Å². The number of hydrogen-bond acceptors (Lipinski definition) is 6. The van der Waals surface area contributed by atoms with Crippen molar-refractivity contribution in [2.75, 3.05) is 0 Å². The van der Waals surface area contributed by atoms with Crippen LogP contribution in [0, 0.1) is 0 Å². The molecule has 2 aromatic heterocycles. The lowest BCUT2D eigenvalue weighted by Gasteiger charge is -2.18. The third-order valence-electron chi connectivity index (χ3n) is 8.70. The maximum Gasteiger partial charge on any atom is 0.326 e. The second-order valence-electron chi connectivity index (χ2n) is 12.5. The predicted octanol–water partition coefficient (Wildman–Crippen LogP) is 3.70. The summed E-state index contributed by atoms with van der Waals surface area (Å²) < 4.78 is 0. The molecule has 0 bridgehead atoms. The van der Waals surface area contributed by atoms with Gasteiger partial charge in [0.25, 0.3) is 0 Å². The van der Waals surface area contributed by atoms with E-state index in [-0.39, 0.29) is 12.8 Å². The van der Waals surface area contributed by atoms with Crippen LogP contribution in [0.15, 0.2) is 122 Å². The molecule has 10 N–H and O–H groups in total. The minimum atomic E-state index is -1.09. The van der Waals surface area contributed by atoms with Crippen LogP contribution in [0.5, 0.6) is 0 Å². The van der Waals surface area contributed by atoms with Crippen molar-refractivity contribution in [3.63, 3.8) is 0 Å². The quantitative estimate of drug-likeness (QED) is 0.0835. The van der Waals surface area contributed by atoms with Gasteiger partial charge in [-0.15, -0.1) is 0 Å². The van der Waals surface area contributed by atoms with Gasteiger partial charge >= 0.3 is 11.9 Å². The van der Waals surface area contributed by atoms with Gasteiger partial charge in [-0.3, -0.25) is 9.59 Å². The van der Waals surface area contributed by atoms with Crippen LogP contribution in [0.1, 0.15) is 22.3 Å². The van der Waals surface area contributed by atoms with Gasteiger partial charge in [-0.25, -0.2) is 9.59 Å². The molecule has 2 amide bonds. The third-order valence-corrected chi connectivity index (χ3v) is 8.70. The molecule has 0 aliphatic rings. The Balaban J connectivity index is 0.000000201. The fourth-order valence-electron chi connectivity index (χ4n) is 5.92. The molecule has 2 heterocycles. The highest BCUT2D eigenvalue weighted by atomic mass is 16.4. The summed E-state index contributed by atoms with van der Waals surface area (Å²) in [6.45, 7) is 0. The molecule has 6 aromatic rings. The number of amides is 2. The first kappa shape index (κ1) is 37.0. The predicted molar refractivity (Wildman–Crippen MR) is 199 cm³/mol. The molecule has 6 rings (SSSR count). The minimum Gasteiger partial charge on any atom is -0.480 e. The Morgan fingerprint density at radius 2 is 0.865 bits per heavy atom. The summed E-state index contributed by atoms with van der Waals surface area (Å²) in [6.07, 6.45) is 4.62. The fourth-order valence-corrected chi connectivity index (χ4v) is 5.92. The van der Waals surface area contributed by atoms with Crippen molar-refractivity contribution in [2.45, 2.75) is 49.9 Å². The highest BCUT2D eigenvalue weighted by molar-refractivity contribution is 5.90. The van der Waals surface area contributed by atoms with Crippen LogP contribution in [0.25, 0.3) is 21.8 Å². The number of hydrogen-bond donors (Lipinski definition) is 8. The summed E-state index contributed by atoms with van der Waals surface area (Å²) in [6, 6.07) is 30.4. The van der Waals surface area contributed by atoms with Gasteiger partial charge in [0.05, 0.1) is 12.1 Å². The maximum atomic E-state index is 12.3. The highest BCUT2D eigenvalue weighted by Crippen LogP contribution is 2.20. The number of aromatic amines is 2. The molecular formula is C40H42N6O6. The van der Waals surface area contributed by atoms with Crippen molar-refractivity contribution in [1.82, 2.24) is 20.6 Å². The lowest BCUT2D eigenvalue weighted by atomic mass is 10.0. The van der Waals surface area contributed by atoms with Gasteiger partial charge in [0.15, 0.2) is 0 Å². The average Bonchev–Trinajstić information content (AvgIpc) is 3.76. The fraction of sp³-hybridized carbons (Fsp3) is 0.200. The molecule has 4 aromatic carbocycles. The van der Waals surface area contributed by atoms with Gasteiger partial charge in [-0.1, -0.05) is 97.1 Å². The SMILES string of the molecule is NC(Cc1ccccc1)C(=O)NC(Cc1c[nH]c2ccccc12)C(=O)O.NC(Cc1ccccc1)C(=O)NC(Cc1c[nH]c2ccccc12)C(=O)O. The number of H-pyrrole nitrogens is 2. The number of carbonyl (C=O) groups excluding carboxylic acids is 2. The Morgan fingerprint density at radius 1 is 0.519 bits per heavy atom. The van der Waals surface area contributed by atoms with Crippen molar-refractivity contribution < 1.29 is 29.4 Å². The molecule has 0 radical (unpaired) electrons. The summed E-state index contributed by atoms with van der Waals surface area (Å²) in [5.41, 5.74) is 17.3. The van der Waals surface area contributed by atoms with E-state index in [0.717, 1.165) is 44.1 Å². The van der Waals surface area contributed by atoms with E-state index in [0.29, 0.717) is 12.8 Å². The second kappa shape index (κ2) is 17.6. The Kier molecular flexibility index (Phi) is 12.5. The summed E-state index contributed by atoms with van der Waals surface area (Å²) in [4.78, 5) is 54.1. The van der Waals surface area contributed by atoms with Crippen molar-refractivity contribution in [1.29, 1.82) is 0 Å². The number of aromatic nitrogens is 2. The molecular weight excluding hydrogens is 660 g/mol. The largest absolute Gasteiger partial charge is 0.480 e.